The van der Waals surface area contributed by atoms with Gasteiger partial charge in [0.2, 0.25) is 0 Å². The van der Waals surface area contributed by atoms with E-state index in [2.05, 4.69) is 39.0 Å². The van der Waals surface area contributed by atoms with Crippen molar-refractivity contribution in [1.82, 2.24) is 0 Å². The lowest BCUT2D eigenvalue weighted by Gasteiger charge is -2.29. The topological polar surface area (TPSA) is 50.1 Å². The van der Waals surface area contributed by atoms with Crippen molar-refractivity contribution in [2.45, 2.75) is 117 Å². The standard InChI is InChI=1S/C34H47NO2/c1-4-5-6-7-8-9-10-11-12-27-13-16-29(17-14-27)30-18-20-31(21-19-30)34(36)37-33-22-15-28(23-26(2)3)24-32(33)25-35/h15,18-22,24,26-27,29H,4-14,16-17,23H2,1-3H3. The number of hydrogen-bond donors (Lipinski definition) is 0. The summed E-state index contributed by atoms with van der Waals surface area (Å²) < 4.78 is 5.60. The maximum Gasteiger partial charge on any atom is 0.343 e. The van der Waals surface area contributed by atoms with Crippen molar-refractivity contribution in [2.24, 2.45) is 11.8 Å². The van der Waals surface area contributed by atoms with Gasteiger partial charge in [0.1, 0.15) is 11.8 Å². The van der Waals surface area contributed by atoms with Gasteiger partial charge in [0, 0.05) is 0 Å². The van der Waals surface area contributed by atoms with Crippen LogP contribution < -0.4 is 4.74 Å². The molecule has 2 aromatic carbocycles. The van der Waals surface area contributed by atoms with Crippen LogP contribution in [0.4, 0.5) is 0 Å². The number of unbranched alkanes of at least 4 members (excludes halogenated alkanes) is 7. The highest BCUT2D eigenvalue weighted by molar-refractivity contribution is 5.91. The molecule has 1 fully saturated rings. The van der Waals surface area contributed by atoms with Crippen LogP contribution in [0.3, 0.4) is 0 Å². The maximum atomic E-state index is 12.8. The molecule has 37 heavy (non-hydrogen) atoms. The van der Waals surface area contributed by atoms with E-state index in [-0.39, 0.29) is 0 Å². The molecule has 3 nitrogen and oxygen atoms in total. The van der Waals surface area contributed by atoms with Gasteiger partial charge in [-0.05, 0) is 85.3 Å². The number of nitriles is 1. The summed E-state index contributed by atoms with van der Waals surface area (Å²) in [5.74, 6) is 1.92. The molecular weight excluding hydrogens is 454 g/mol. The number of rotatable bonds is 14. The number of hydrogen-bond acceptors (Lipinski definition) is 3. The first-order chi connectivity index (χ1) is 18.0. The zero-order valence-electron chi connectivity index (χ0n) is 23.4. The predicted molar refractivity (Wildman–Crippen MR) is 153 cm³/mol. The van der Waals surface area contributed by atoms with Gasteiger partial charge >= 0.3 is 5.97 Å². The van der Waals surface area contributed by atoms with Crippen LogP contribution in [-0.4, -0.2) is 5.97 Å². The largest absolute Gasteiger partial charge is 0.422 e. The minimum atomic E-state index is -0.409. The molecule has 0 spiro atoms. The molecule has 0 heterocycles. The molecule has 0 unspecified atom stereocenters. The Kier molecular flexibility index (Phi) is 12.2. The van der Waals surface area contributed by atoms with E-state index in [9.17, 15) is 10.1 Å². The van der Waals surface area contributed by atoms with Gasteiger partial charge in [-0.25, -0.2) is 4.79 Å². The molecule has 0 aromatic heterocycles. The quantitative estimate of drug-likeness (QED) is 0.147. The van der Waals surface area contributed by atoms with E-state index >= 15 is 0 Å². The molecule has 0 bridgehead atoms. The Bertz CT molecular complexity index is 993. The van der Waals surface area contributed by atoms with Gasteiger partial charge in [-0.15, -0.1) is 0 Å². The Morgan fingerprint density at radius 3 is 2.19 bits per heavy atom. The number of carbonyl (C=O) groups excluding carboxylic acids is 1. The van der Waals surface area contributed by atoms with E-state index in [1.807, 2.05) is 24.3 Å². The molecule has 200 valence electrons. The lowest BCUT2D eigenvalue weighted by atomic mass is 9.77. The smallest absolute Gasteiger partial charge is 0.343 e. The van der Waals surface area contributed by atoms with E-state index < -0.39 is 5.97 Å². The molecule has 3 rings (SSSR count). The van der Waals surface area contributed by atoms with Crippen molar-refractivity contribution in [3.8, 4) is 11.8 Å². The Hall–Kier alpha value is -2.60. The fraction of sp³-hybridized carbons (Fsp3) is 0.588. The minimum absolute atomic E-state index is 0.332. The molecule has 2 aromatic rings. The molecule has 1 aliphatic rings. The van der Waals surface area contributed by atoms with Crippen LogP contribution in [0.25, 0.3) is 0 Å². The summed E-state index contributed by atoms with van der Waals surface area (Å²) in [5, 5.41) is 9.53. The number of carbonyl (C=O) groups is 1. The highest BCUT2D eigenvalue weighted by Crippen LogP contribution is 2.38. The van der Waals surface area contributed by atoms with E-state index in [1.165, 1.54) is 89.0 Å². The molecule has 0 radical (unpaired) electrons. The molecule has 0 N–H and O–H groups in total. The van der Waals surface area contributed by atoms with Crippen molar-refractivity contribution in [3.63, 3.8) is 0 Å². The average Bonchev–Trinajstić information content (AvgIpc) is 2.91. The van der Waals surface area contributed by atoms with E-state index in [0.29, 0.717) is 28.7 Å². The Morgan fingerprint density at radius 1 is 0.919 bits per heavy atom. The summed E-state index contributed by atoms with van der Waals surface area (Å²) in [4.78, 5) is 12.8. The van der Waals surface area contributed by atoms with Crippen LogP contribution in [0.2, 0.25) is 0 Å². The third-order valence-corrected chi connectivity index (χ3v) is 7.94. The van der Waals surface area contributed by atoms with Crippen molar-refractivity contribution < 1.29 is 9.53 Å². The van der Waals surface area contributed by atoms with Crippen LogP contribution in [0.5, 0.6) is 5.75 Å². The second kappa shape index (κ2) is 15.6. The Balaban J connectivity index is 1.42. The number of nitrogens with zero attached hydrogens (tertiary/aromatic N) is 1. The fourth-order valence-corrected chi connectivity index (χ4v) is 5.75. The lowest BCUT2D eigenvalue weighted by molar-refractivity contribution is 0.0734. The minimum Gasteiger partial charge on any atom is -0.422 e. The second-order valence-electron chi connectivity index (χ2n) is 11.5. The highest BCUT2D eigenvalue weighted by Gasteiger charge is 2.22. The van der Waals surface area contributed by atoms with E-state index in [4.69, 9.17) is 4.74 Å². The Labute approximate surface area is 225 Å². The van der Waals surface area contributed by atoms with Crippen molar-refractivity contribution in [2.75, 3.05) is 0 Å². The first-order valence-corrected chi connectivity index (χ1v) is 14.8. The van der Waals surface area contributed by atoms with Gasteiger partial charge in [-0.1, -0.05) is 96.8 Å². The monoisotopic (exact) mass is 501 g/mol. The molecule has 0 saturated heterocycles. The van der Waals surface area contributed by atoms with E-state index in [0.717, 1.165) is 17.9 Å². The number of ether oxygens (including phenoxy) is 1. The van der Waals surface area contributed by atoms with Gasteiger partial charge in [-0.2, -0.15) is 5.26 Å². The van der Waals surface area contributed by atoms with Crippen molar-refractivity contribution >= 4 is 5.97 Å². The van der Waals surface area contributed by atoms with Crippen molar-refractivity contribution in [1.29, 1.82) is 5.26 Å². The van der Waals surface area contributed by atoms with Gasteiger partial charge < -0.3 is 4.74 Å². The summed E-state index contributed by atoms with van der Waals surface area (Å²) in [5.41, 5.74) is 3.36. The number of esters is 1. The molecule has 3 heteroatoms. The van der Waals surface area contributed by atoms with Gasteiger partial charge in [0.15, 0.2) is 0 Å². The molecule has 1 saturated carbocycles. The normalized spacial score (nSPS) is 17.5. The van der Waals surface area contributed by atoms with Crippen LogP contribution in [0.15, 0.2) is 42.5 Å². The summed E-state index contributed by atoms with van der Waals surface area (Å²) in [6.45, 7) is 6.57. The summed E-state index contributed by atoms with van der Waals surface area (Å²) >= 11 is 0. The lowest BCUT2D eigenvalue weighted by Crippen LogP contribution is -2.14. The van der Waals surface area contributed by atoms with Crippen LogP contribution in [-0.2, 0) is 6.42 Å². The van der Waals surface area contributed by atoms with Gasteiger partial charge in [-0.3, -0.25) is 0 Å². The second-order valence-corrected chi connectivity index (χ2v) is 11.5. The maximum absolute atomic E-state index is 12.8. The molecule has 0 aliphatic heterocycles. The molecular formula is C34H47NO2. The zero-order chi connectivity index (χ0) is 26.5. The summed E-state index contributed by atoms with van der Waals surface area (Å²) in [7, 11) is 0. The van der Waals surface area contributed by atoms with Gasteiger partial charge in [0.05, 0.1) is 11.1 Å². The molecule has 0 amide bonds. The SMILES string of the molecule is CCCCCCCCCCC1CCC(c2ccc(C(=O)Oc3ccc(CC(C)C)cc3C#N)cc2)CC1. The Morgan fingerprint density at radius 2 is 1.57 bits per heavy atom. The summed E-state index contributed by atoms with van der Waals surface area (Å²) in [6, 6.07) is 15.6. The average molecular weight is 502 g/mol. The third-order valence-electron chi connectivity index (χ3n) is 7.94. The van der Waals surface area contributed by atoms with Crippen LogP contribution >= 0.6 is 0 Å². The fourth-order valence-electron chi connectivity index (χ4n) is 5.75. The highest BCUT2D eigenvalue weighted by atomic mass is 16.5. The first kappa shape index (κ1) is 29.0. The van der Waals surface area contributed by atoms with Crippen molar-refractivity contribution in [3.05, 3.63) is 64.7 Å². The van der Waals surface area contributed by atoms with Gasteiger partial charge in [0.25, 0.3) is 0 Å². The zero-order valence-corrected chi connectivity index (χ0v) is 23.4. The molecule has 0 atom stereocenters. The molecule has 1 aliphatic carbocycles. The summed E-state index contributed by atoms with van der Waals surface area (Å²) in [6.07, 6.45) is 18.6. The van der Waals surface area contributed by atoms with Crippen LogP contribution in [0, 0.1) is 23.2 Å². The first-order valence-electron chi connectivity index (χ1n) is 14.8. The predicted octanol–water partition coefficient (Wildman–Crippen LogP) is 9.78. The van der Waals surface area contributed by atoms with E-state index in [1.54, 1.807) is 6.07 Å². The third kappa shape index (κ3) is 9.66. The number of benzene rings is 2. The van der Waals surface area contributed by atoms with Crippen LogP contribution in [0.1, 0.15) is 137 Å².